The molecular weight excluding hydrogens is 252 g/mol. The van der Waals surface area contributed by atoms with Crippen LogP contribution in [0.3, 0.4) is 0 Å². The number of halogens is 3. The molecule has 90 valence electrons. The molecule has 0 saturated carbocycles. The van der Waals surface area contributed by atoms with Gasteiger partial charge in [0.2, 0.25) is 0 Å². The van der Waals surface area contributed by atoms with Crippen LogP contribution < -0.4 is 5.32 Å². The maximum atomic E-state index is 13.6. The molecule has 1 heterocycles. The maximum absolute atomic E-state index is 13.6. The van der Waals surface area contributed by atoms with Crippen LogP contribution in [-0.2, 0) is 4.74 Å². The highest BCUT2D eigenvalue weighted by Crippen LogP contribution is 2.29. The third-order valence-corrected chi connectivity index (χ3v) is 3.09. The van der Waals surface area contributed by atoms with Gasteiger partial charge in [-0.2, -0.15) is 0 Å². The van der Waals surface area contributed by atoms with Crippen LogP contribution in [0, 0.1) is 12.7 Å². The number of aryl methyl sites for hydroxylation is 1. The third-order valence-electron chi connectivity index (χ3n) is 2.59. The topological polar surface area (TPSA) is 21.3 Å². The predicted octanol–water partition coefficient (Wildman–Crippen LogP) is 2.87. The Morgan fingerprint density at radius 2 is 2.25 bits per heavy atom. The van der Waals surface area contributed by atoms with Gasteiger partial charge in [-0.3, -0.25) is 0 Å². The Morgan fingerprint density at radius 1 is 1.50 bits per heavy atom. The van der Waals surface area contributed by atoms with Crippen molar-refractivity contribution in [1.82, 2.24) is 5.32 Å². The van der Waals surface area contributed by atoms with Crippen LogP contribution in [0.2, 0.25) is 5.02 Å². The number of hydrogen-bond donors (Lipinski definition) is 1. The van der Waals surface area contributed by atoms with E-state index in [2.05, 4.69) is 5.32 Å². The fraction of sp³-hybridized carbons (Fsp3) is 0.455. The van der Waals surface area contributed by atoms with Crippen LogP contribution in [0.25, 0.3) is 0 Å². The van der Waals surface area contributed by atoms with Crippen LogP contribution in [0.5, 0.6) is 0 Å². The summed E-state index contributed by atoms with van der Waals surface area (Å²) in [5.41, 5.74) is 1.41. The first-order chi connectivity index (χ1) is 7.20. The lowest BCUT2D eigenvalue weighted by molar-refractivity contribution is 0.0758. The molecule has 0 unspecified atom stereocenters. The minimum atomic E-state index is -0.270. The van der Waals surface area contributed by atoms with Gasteiger partial charge < -0.3 is 10.1 Å². The lowest BCUT2D eigenvalue weighted by Gasteiger charge is -2.25. The van der Waals surface area contributed by atoms with Crippen molar-refractivity contribution >= 4 is 24.0 Å². The summed E-state index contributed by atoms with van der Waals surface area (Å²) in [7, 11) is 0. The molecule has 0 amide bonds. The molecule has 1 saturated heterocycles. The highest BCUT2D eigenvalue weighted by atomic mass is 35.5. The van der Waals surface area contributed by atoms with E-state index in [9.17, 15) is 4.39 Å². The molecule has 1 aliphatic heterocycles. The molecule has 2 nitrogen and oxygen atoms in total. The molecule has 1 aromatic rings. The van der Waals surface area contributed by atoms with Gasteiger partial charge in [-0.05, 0) is 18.6 Å². The van der Waals surface area contributed by atoms with E-state index in [0.717, 1.165) is 12.1 Å². The summed E-state index contributed by atoms with van der Waals surface area (Å²) in [6.07, 6.45) is 0. The van der Waals surface area contributed by atoms with Gasteiger partial charge in [0.1, 0.15) is 5.82 Å². The van der Waals surface area contributed by atoms with E-state index >= 15 is 0 Å². The quantitative estimate of drug-likeness (QED) is 0.843. The first-order valence-corrected chi connectivity index (χ1v) is 5.33. The Labute approximate surface area is 106 Å². The van der Waals surface area contributed by atoms with Gasteiger partial charge in [0.15, 0.2) is 0 Å². The van der Waals surface area contributed by atoms with Gasteiger partial charge >= 0.3 is 0 Å². The van der Waals surface area contributed by atoms with Gasteiger partial charge in [0.25, 0.3) is 0 Å². The Balaban J connectivity index is 0.00000128. The molecule has 0 radical (unpaired) electrons. The van der Waals surface area contributed by atoms with Crippen molar-refractivity contribution in [1.29, 1.82) is 0 Å². The van der Waals surface area contributed by atoms with Gasteiger partial charge in [-0.15, -0.1) is 12.4 Å². The van der Waals surface area contributed by atoms with Crippen LogP contribution >= 0.6 is 24.0 Å². The Hall–Kier alpha value is -0.350. The van der Waals surface area contributed by atoms with Gasteiger partial charge in [0, 0.05) is 12.1 Å². The van der Waals surface area contributed by atoms with Crippen molar-refractivity contribution in [2.45, 2.75) is 13.0 Å². The van der Waals surface area contributed by atoms with Crippen LogP contribution in [0.15, 0.2) is 12.1 Å². The Morgan fingerprint density at radius 3 is 2.88 bits per heavy atom. The molecular formula is C11H14Cl2FNO. The average Bonchev–Trinajstić information content (AvgIpc) is 2.26. The molecule has 1 atom stereocenters. The molecule has 5 heteroatoms. The first kappa shape index (κ1) is 13.7. The molecule has 16 heavy (non-hydrogen) atoms. The zero-order chi connectivity index (χ0) is 10.8. The van der Waals surface area contributed by atoms with E-state index in [0.29, 0.717) is 23.8 Å². The van der Waals surface area contributed by atoms with E-state index in [4.69, 9.17) is 16.3 Å². The number of hydrogen-bond acceptors (Lipinski definition) is 2. The van der Waals surface area contributed by atoms with E-state index in [1.165, 1.54) is 6.07 Å². The summed E-state index contributed by atoms with van der Waals surface area (Å²) in [4.78, 5) is 0. The van der Waals surface area contributed by atoms with E-state index in [-0.39, 0.29) is 24.3 Å². The molecule has 0 bridgehead atoms. The smallest absolute Gasteiger partial charge is 0.129 e. The second-order valence-electron chi connectivity index (χ2n) is 3.67. The number of morpholine rings is 1. The standard InChI is InChI=1S/C11H13ClFNO.ClH/c1-7-2-3-8(13)10(11(7)12)9-6-15-5-4-14-9;/h2-3,9,14H,4-6H2,1H3;1H/t9-;/m1./s1. The minimum absolute atomic E-state index is 0. The summed E-state index contributed by atoms with van der Waals surface area (Å²) in [6.45, 7) is 3.74. The monoisotopic (exact) mass is 265 g/mol. The fourth-order valence-corrected chi connectivity index (χ4v) is 2.03. The van der Waals surface area contributed by atoms with Crippen molar-refractivity contribution < 1.29 is 9.13 Å². The summed E-state index contributed by atoms with van der Waals surface area (Å²) in [6, 6.07) is 3.00. The van der Waals surface area contributed by atoms with Crippen molar-refractivity contribution in [2.75, 3.05) is 19.8 Å². The summed E-state index contributed by atoms with van der Waals surface area (Å²) >= 11 is 6.10. The average molecular weight is 266 g/mol. The molecule has 1 aliphatic rings. The predicted molar refractivity (Wildman–Crippen MR) is 65.0 cm³/mol. The lowest BCUT2D eigenvalue weighted by atomic mass is 10.0. The third kappa shape index (κ3) is 2.66. The van der Waals surface area contributed by atoms with Crippen LogP contribution in [0.4, 0.5) is 4.39 Å². The molecule has 1 N–H and O–H groups in total. The van der Waals surface area contributed by atoms with Gasteiger partial charge in [-0.25, -0.2) is 4.39 Å². The zero-order valence-corrected chi connectivity index (χ0v) is 10.5. The van der Waals surface area contributed by atoms with Gasteiger partial charge in [0.05, 0.1) is 24.3 Å². The highest BCUT2D eigenvalue weighted by Gasteiger charge is 2.22. The number of ether oxygens (including phenoxy) is 1. The van der Waals surface area contributed by atoms with Crippen molar-refractivity contribution in [3.05, 3.63) is 34.1 Å². The second kappa shape index (κ2) is 5.82. The molecule has 0 aliphatic carbocycles. The first-order valence-electron chi connectivity index (χ1n) is 4.96. The number of benzene rings is 1. The number of nitrogens with one attached hydrogen (secondary N) is 1. The largest absolute Gasteiger partial charge is 0.378 e. The summed E-state index contributed by atoms with van der Waals surface area (Å²) in [5, 5.41) is 3.69. The lowest BCUT2D eigenvalue weighted by Crippen LogP contribution is -2.35. The van der Waals surface area contributed by atoms with Crippen LogP contribution in [-0.4, -0.2) is 19.8 Å². The highest BCUT2D eigenvalue weighted by molar-refractivity contribution is 6.32. The zero-order valence-electron chi connectivity index (χ0n) is 8.93. The van der Waals surface area contributed by atoms with Gasteiger partial charge in [-0.1, -0.05) is 17.7 Å². The molecule has 2 rings (SSSR count). The Bertz CT molecular complexity index is 367. The summed E-state index contributed by atoms with van der Waals surface area (Å²) in [5.74, 6) is -0.270. The molecule has 1 aromatic carbocycles. The second-order valence-corrected chi connectivity index (χ2v) is 4.05. The van der Waals surface area contributed by atoms with Crippen molar-refractivity contribution in [2.24, 2.45) is 0 Å². The SMILES string of the molecule is Cc1ccc(F)c([C@H]2COCCN2)c1Cl.Cl. The maximum Gasteiger partial charge on any atom is 0.129 e. The van der Waals surface area contributed by atoms with E-state index in [1.807, 2.05) is 6.92 Å². The summed E-state index contributed by atoms with van der Waals surface area (Å²) < 4.78 is 18.9. The van der Waals surface area contributed by atoms with E-state index in [1.54, 1.807) is 6.07 Å². The Kier molecular flexibility index (Phi) is 4.99. The molecule has 1 fully saturated rings. The van der Waals surface area contributed by atoms with Crippen molar-refractivity contribution in [3.63, 3.8) is 0 Å². The molecule has 0 aromatic heterocycles. The number of rotatable bonds is 1. The molecule has 0 spiro atoms. The normalized spacial score (nSPS) is 20.3. The minimum Gasteiger partial charge on any atom is -0.378 e. The van der Waals surface area contributed by atoms with E-state index < -0.39 is 0 Å². The van der Waals surface area contributed by atoms with Crippen molar-refractivity contribution in [3.8, 4) is 0 Å². The van der Waals surface area contributed by atoms with Crippen LogP contribution in [0.1, 0.15) is 17.2 Å². The fourth-order valence-electron chi connectivity index (χ4n) is 1.75.